The number of nitrogens with zero attached hydrogens (tertiary/aromatic N) is 1. The van der Waals surface area contributed by atoms with E-state index in [1.807, 2.05) is 19.1 Å². The predicted molar refractivity (Wildman–Crippen MR) is 72.4 cm³/mol. The Labute approximate surface area is 112 Å². The lowest BCUT2D eigenvalue weighted by molar-refractivity contribution is 0.304. The van der Waals surface area contributed by atoms with Crippen LogP contribution < -0.4 is 10.1 Å². The average Bonchev–Trinajstić information content (AvgIpc) is 2.45. The SMILES string of the molecule is CNC(C)c1ccc(OCc2ccncc2)cc1F. The minimum absolute atomic E-state index is 0.0192. The number of pyridine rings is 1. The van der Waals surface area contributed by atoms with Gasteiger partial charge in [0.15, 0.2) is 0 Å². The molecule has 1 heterocycles. The van der Waals surface area contributed by atoms with E-state index < -0.39 is 0 Å². The summed E-state index contributed by atoms with van der Waals surface area (Å²) in [4.78, 5) is 3.93. The van der Waals surface area contributed by atoms with Crippen LogP contribution in [0.4, 0.5) is 4.39 Å². The van der Waals surface area contributed by atoms with Gasteiger partial charge in [-0.15, -0.1) is 0 Å². The lowest BCUT2D eigenvalue weighted by atomic mass is 10.1. The Morgan fingerprint density at radius 1 is 1.26 bits per heavy atom. The maximum atomic E-state index is 13.9. The summed E-state index contributed by atoms with van der Waals surface area (Å²) in [5, 5.41) is 3.01. The number of benzene rings is 1. The van der Waals surface area contributed by atoms with E-state index in [1.165, 1.54) is 6.07 Å². The lowest BCUT2D eigenvalue weighted by Crippen LogP contribution is -2.13. The highest BCUT2D eigenvalue weighted by molar-refractivity contribution is 5.30. The Morgan fingerprint density at radius 3 is 2.63 bits per heavy atom. The maximum absolute atomic E-state index is 13.9. The number of nitrogens with one attached hydrogen (secondary N) is 1. The van der Waals surface area contributed by atoms with Gasteiger partial charge in [0.2, 0.25) is 0 Å². The summed E-state index contributed by atoms with van der Waals surface area (Å²) in [6, 6.07) is 8.67. The highest BCUT2D eigenvalue weighted by Gasteiger charge is 2.09. The van der Waals surface area contributed by atoms with Gasteiger partial charge in [-0.2, -0.15) is 0 Å². The molecule has 4 heteroatoms. The summed E-state index contributed by atoms with van der Waals surface area (Å²) >= 11 is 0. The molecular weight excluding hydrogens is 243 g/mol. The minimum Gasteiger partial charge on any atom is -0.489 e. The van der Waals surface area contributed by atoms with Crippen LogP contribution in [0.15, 0.2) is 42.7 Å². The summed E-state index contributed by atoms with van der Waals surface area (Å²) in [6.07, 6.45) is 3.41. The topological polar surface area (TPSA) is 34.1 Å². The molecule has 0 aliphatic rings. The molecule has 2 rings (SSSR count). The van der Waals surface area contributed by atoms with Crippen molar-refractivity contribution in [1.82, 2.24) is 10.3 Å². The Kier molecular flexibility index (Phi) is 4.47. The van der Waals surface area contributed by atoms with Gasteiger partial charge < -0.3 is 10.1 Å². The van der Waals surface area contributed by atoms with Gasteiger partial charge in [0.25, 0.3) is 0 Å². The minimum atomic E-state index is -0.255. The van der Waals surface area contributed by atoms with E-state index in [4.69, 9.17) is 4.74 Å². The Hall–Kier alpha value is -1.94. The number of aromatic nitrogens is 1. The number of hydrogen-bond donors (Lipinski definition) is 1. The van der Waals surface area contributed by atoms with Crippen LogP contribution >= 0.6 is 0 Å². The summed E-state index contributed by atoms with van der Waals surface area (Å²) in [5.74, 6) is 0.274. The van der Waals surface area contributed by atoms with Crippen molar-refractivity contribution in [2.24, 2.45) is 0 Å². The van der Waals surface area contributed by atoms with Crippen molar-refractivity contribution in [3.05, 3.63) is 59.7 Å². The van der Waals surface area contributed by atoms with E-state index >= 15 is 0 Å². The van der Waals surface area contributed by atoms with Gasteiger partial charge in [-0.3, -0.25) is 4.98 Å². The van der Waals surface area contributed by atoms with Crippen LogP contribution in [0.1, 0.15) is 24.1 Å². The van der Waals surface area contributed by atoms with E-state index in [-0.39, 0.29) is 11.9 Å². The first-order valence-electron chi connectivity index (χ1n) is 6.19. The van der Waals surface area contributed by atoms with Crippen LogP contribution in [-0.4, -0.2) is 12.0 Å². The molecular formula is C15H17FN2O. The van der Waals surface area contributed by atoms with E-state index in [0.717, 1.165) is 5.56 Å². The molecule has 1 N–H and O–H groups in total. The molecule has 0 bridgehead atoms. The van der Waals surface area contributed by atoms with Crippen LogP contribution in [0.25, 0.3) is 0 Å². The molecule has 19 heavy (non-hydrogen) atoms. The number of ether oxygens (including phenoxy) is 1. The molecule has 1 aromatic heterocycles. The molecule has 0 saturated carbocycles. The molecule has 0 amide bonds. The predicted octanol–water partition coefficient (Wildman–Crippen LogP) is 3.08. The van der Waals surface area contributed by atoms with Crippen molar-refractivity contribution < 1.29 is 9.13 Å². The second kappa shape index (κ2) is 6.29. The summed E-state index contributed by atoms with van der Waals surface area (Å²) in [5.41, 5.74) is 1.64. The summed E-state index contributed by atoms with van der Waals surface area (Å²) in [7, 11) is 1.80. The molecule has 0 saturated heterocycles. The average molecular weight is 260 g/mol. The second-order valence-electron chi connectivity index (χ2n) is 4.34. The smallest absolute Gasteiger partial charge is 0.131 e. The molecule has 0 radical (unpaired) electrons. The van der Waals surface area contributed by atoms with Gasteiger partial charge in [-0.25, -0.2) is 4.39 Å². The van der Waals surface area contributed by atoms with Gasteiger partial charge in [0, 0.05) is 30.1 Å². The largest absolute Gasteiger partial charge is 0.489 e. The zero-order valence-electron chi connectivity index (χ0n) is 11.1. The molecule has 1 aromatic carbocycles. The fraction of sp³-hybridized carbons (Fsp3) is 0.267. The van der Waals surface area contributed by atoms with Crippen LogP contribution in [0.3, 0.4) is 0 Å². The Balaban J connectivity index is 2.04. The summed E-state index contributed by atoms with van der Waals surface area (Å²) < 4.78 is 19.4. The monoisotopic (exact) mass is 260 g/mol. The molecule has 1 atom stereocenters. The first kappa shape index (κ1) is 13.5. The molecule has 0 spiro atoms. The van der Waals surface area contributed by atoms with Gasteiger partial charge >= 0.3 is 0 Å². The first-order chi connectivity index (χ1) is 9.20. The highest BCUT2D eigenvalue weighted by atomic mass is 19.1. The van der Waals surface area contributed by atoms with Gasteiger partial charge in [-0.05, 0) is 37.7 Å². The second-order valence-corrected chi connectivity index (χ2v) is 4.34. The zero-order valence-corrected chi connectivity index (χ0v) is 11.1. The number of rotatable bonds is 5. The van der Waals surface area contributed by atoms with E-state index in [9.17, 15) is 4.39 Å². The third-order valence-electron chi connectivity index (χ3n) is 3.03. The maximum Gasteiger partial charge on any atom is 0.131 e. The van der Waals surface area contributed by atoms with E-state index in [1.54, 1.807) is 31.6 Å². The van der Waals surface area contributed by atoms with Crippen molar-refractivity contribution in [1.29, 1.82) is 0 Å². The molecule has 100 valence electrons. The van der Waals surface area contributed by atoms with Crippen molar-refractivity contribution in [2.45, 2.75) is 19.6 Å². The van der Waals surface area contributed by atoms with Gasteiger partial charge in [0.05, 0.1) is 0 Å². The van der Waals surface area contributed by atoms with Crippen molar-refractivity contribution in [2.75, 3.05) is 7.05 Å². The Bertz CT molecular complexity index is 531. The van der Waals surface area contributed by atoms with Crippen LogP contribution in [0, 0.1) is 5.82 Å². The van der Waals surface area contributed by atoms with Crippen LogP contribution in [0.2, 0.25) is 0 Å². The zero-order chi connectivity index (χ0) is 13.7. The molecule has 1 unspecified atom stereocenters. The van der Waals surface area contributed by atoms with Crippen molar-refractivity contribution >= 4 is 0 Å². The molecule has 2 aromatic rings. The standard InChI is InChI=1S/C15H17FN2O/c1-11(17-2)14-4-3-13(9-15(14)16)19-10-12-5-7-18-8-6-12/h3-9,11,17H,10H2,1-2H3. The first-order valence-corrected chi connectivity index (χ1v) is 6.19. The lowest BCUT2D eigenvalue weighted by Gasteiger charge is -2.13. The highest BCUT2D eigenvalue weighted by Crippen LogP contribution is 2.22. The summed E-state index contributed by atoms with van der Waals surface area (Å²) in [6.45, 7) is 2.32. The number of hydrogen-bond acceptors (Lipinski definition) is 3. The third-order valence-corrected chi connectivity index (χ3v) is 3.03. The molecule has 0 aliphatic heterocycles. The van der Waals surface area contributed by atoms with Gasteiger partial charge in [0.1, 0.15) is 18.2 Å². The normalized spacial score (nSPS) is 12.2. The molecule has 3 nitrogen and oxygen atoms in total. The van der Waals surface area contributed by atoms with Crippen LogP contribution in [0.5, 0.6) is 5.75 Å². The van der Waals surface area contributed by atoms with Crippen molar-refractivity contribution in [3.63, 3.8) is 0 Å². The van der Waals surface area contributed by atoms with Crippen LogP contribution in [-0.2, 0) is 6.61 Å². The Morgan fingerprint density at radius 2 is 2.00 bits per heavy atom. The molecule has 0 aliphatic carbocycles. The van der Waals surface area contributed by atoms with Crippen molar-refractivity contribution in [3.8, 4) is 5.75 Å². The van der Waals surface area contributed by atoms with E-state index in [2.05, 4.69) is 10.3 Å². The fourth-order valence-electron chi connectivity index (χ4n) is 1.75. The number of halogens is 1. The quantitative estimate of drug-likeness (QED) is 0.897. The fourth-order valence-corrected chi connectivity index (χ4v) is 1.75. The van der Waals surface area contributed by atoms with E-state index in [0.29, 0.717) is 17.9 Å². The third kappa shape index (κ3) is 3.51. The van der Waals surface area contributed by atoms with Gasteiger partial charge in [-0.1, -0.05) is 6.07 Å². The molecule has 0 fully saturated rings.